The number of nitrogens with zero attached hydrogens (tertiary/aromatic N) is 6. The van der Waals surface area contributed by atoms with Crippen LogP contribution in [0.4, 0.5) is 0 Å². The van der Waals surface area contributed by atoms with E-state index in [1.54, 1.807) is 4.68 Å². The third-order valence-corrected chi connectivity index (χ3v) is 6.15. The molecule has 128 valence electrons. The molecule has 4 rings (SSSR count). The average Bonchev–Trinajstić information content (AvgIpc) is 3.41. The Kier molecular flexibility index (Phi) is 4.32. The highest BCUT2D eigenvalue weighted by Gasteiger charge is 2.40. The molecule has 0 unspecified atom stereocenters. The minimum absolute atomic E-state index is 0.126. The molecule has 2 aromatic rings. The van der Waals surface area contributed by atoms with Crippen molar-refractivity contribution >= 4 is 17.2 Å². The number of likely N-dealkylation sites (N-methyl/N-ethyl adjacent to an activating group) is 1. The lowest BCUT2D eigenvalue weighted by molar-refractivity contribution is 0.0654. The number of tetrazole rings is 1. The molecule has 0 bridgehead atoms. The smallest absolute Gasteiger partial charge is 0.266 e. The van der Waals surface area contributed by atoms with Crippen LogP contribution in [0.3, 0.4) is 0 Å². The molecule has 2 fully saturated rings. The van der Waals surface area contributed by atoms with Gasteiger partial charge in [0.25, 0.3) is 5.91 Å². The van der Waals surface area contributed by atoms with Gasteiger partial charge in [0.15, 0.2) is 0 Å². The largest absolute Gasteiger partial charge is 0.333 e. The summed E-state index contributed by atoms with van der Waals surface area (Å²) in [5, 5.41) is 13.2. The number of carbonyl (C=O) groups is 1. The van der Waals surface area contributed by atoms with Gasteiger partial charge in [0, 0.05) is 18.6 Å². The minimum atomic E-state index is 0.126. The molecular formula is C16H22N6OS. The van der Waals surface area contributed by atoms with Crippen molar-refractivity contribution < 1.29 is 4.79 Å². The van der Waals surface area contributed by atoms with Crippen molar-refractivity contribution in [3.05, 3.63) is 22.7 Å². The summed E-state index contributed by atoms with van der Waals surface area (Å²) in [5.41, 5.74) is 0.777. The van der Waals surface area contributed by atoms with Crippen molar-refractivity contribution in [2.75, 3.05) is 19.6 Å². The molecule has 2 atom stereocenters. The SMILES string of the molecule is CCN1CCC[C@H]1[C@H]1CCCN1C(=O)c1sccc1-n1cnnn1. The first-order valence-electron chi connectivity index (χ1n) is 8.65. The van der Waals surface area contributed by atoms with E-state index in [2.05, 4.69) is 32.2 Å². The van der Waals surface area contributed by atoms with Gasteiger partial charge in [0.2, 0.25) is 0 Å². The summed E-state index contributed by atoms with van der Waals surface area (Å²) in [6.45, 7) is 5.30. The summed E-state index contributed by atoms with van der Waals surface area (Å²) >= 11 is 1.47. The normalized spacial score (nSPS) is 24.8. The molecule has 1 amide bonds. The first-order valence-corrected chi connectivity index (χ1v) is 9.53. The molecule has 2 aromatic heterocycles. The van der Waals surface area contributed by atoms with E-state index in [1.165, 1.54) is 30.5 Å². The summed E-state index contributed by atoms with van der Waals surface area (Å²) in [5.74, 6) is 0.126. The second kappa shape index (κ2) is 6.60. The van der Waals surface area contributed by atoms with Gasteiger partial charge in [-0.1, -0.05) is 6.92 Å². The van der Waals surface area contributed by atoms with Crippen molar-refractivity contribution in [1.29, 1.82) is 0 Å². The second-order valence-corrected chi connectivity index (χ2v) is 7.35. The van der Waals surface area contributed by atoms with E-state index in [0.29, 0.717) is 12.1 Å². The molecule has 8 heteroatoms. The molecular weight excluding hydrogens is 324 g/mol. The molecule has 24 heavy (non-hydrogen) atoms. The van der Waals surface area contributed by atoms with Crippen LogP contribution in [0.5, 0.6) is 0 Å². The fourth-order valence-electron chi connectivity index (χ4n) is 4.17. The predicted molar refractivity (Wildman–Crippen MR) is 91.4 cm³/mol. The molecule has 7 nitrogen and oxygen atoms in total. The number of carbonyl (C=O) groups excluding carboxylic acids is 1. The third-order valence-electron chi connectivity index (χ3n) is 5.26. The Morgan fingerprint density at radius 2 is 2.12 bits per heavy atom. The monoisotopic (exact) mass is 346 g/mol. The maximum absolute atomic E-state index is 13.2. The van der Waals surface area contributed by atoms with Crippen molar-refractivity contribution in [1.82, 2.24) is 30.0 Å². The quantitative estimate of drug-likeness (QED) is 0.845. The summed E-state index contributed by atoms with van der Waals surface area (Å²) in [4.78, 5) is 18.6. The van der Waals surface area contributed by atoms with Gasteiger partial charge >= 0.3 is 0 Å². The first-order chi connectivity index (χ1) is 11.8. The van der Waals surface area contributed by atoms with Crippen LogP contribution in [0.1, 0.15) is 42.3 Å². The number of likely N-dealkylation sites (tertiary alicyclic amines) is 2. The number of hydrogen-bond acceptors (Lipinski definition) is 6. The lowest BCUT2D eigenvalue weighted by Crippen LogP contribution is -2.48. The Bertz CT molecular complexity index is 699. The lowest BCUT2D eigenvalue weighted by atomic mass is 10.0. The Hall–Kier alpha value is -1.80. The zero-order valence-corrected chi connectivity index (χ0v) is 14.7. The number of rotatable bonds is 4. The summed E-state index contributed by atoms with van der Waals surface area (Å²) in [7, 11) is 0. The number of thiophene rings is 1. The fraction of sp³-hybridized carbons (Fsp3) is 0.625. The number of hydrogen-bond donors (Lipinski definition) is 0. The first kappa shape index (κ1) is 15.7. The van der Waals surface area contributed by atoms with E-state index < -0.39 is 0 Å². The van der Waals surface area contributed by atoms with Gasteiger partial charge in [-0.15, -0.1) is 16.4 Å². The zero-order valence-electron chi connectivity index (χ0n) is 13.8. The molecule has 2 aliphatic rings. The van der Waals surface area contributed by atoms with E-state index in [9.17, 15) is 4.79 Å². The van der Waals surface area contributed by atoms with E-state index in [0.717, 1.165) is 43.0 Å². The topological polar surface area (TPSA) is 67.2 Å². The van der Waals surface area contributed by atoms with Crippen LogP contribution < -0.4 is 0 Å². The Balaban J connectivity index is 1.59. The fourth-order valence-corrected chi connectivity index (χ4v) is 5.00. The van der Waals surface area contributed by atoms with E-state index >= 15 is 0 Å². The van der Waals surface area contributed by atoms with Gasteiger partial charge in [0.1, 0.15) is 11.2 Å². The number of aromatic nitrogens is 4. The lowest BCUT2D eigenvalue weighted by Gasteiger charge is -2.34. The van der Waals surface area contributed by atoms with Crippen LogP contribution in [-0.4, -0.2) is 67.6 Å². The molecule has 0 N–H and O–H groups in total. The van der Waals surface area contributed by atoms with Crippen LogP contribution in [0.2, 0.25) is 0 Å². The van der Waals surface area contributed by atoms with Crippen LogP contribution in [0, 0.1) is 0 Å². The third kappa shape index (κ3) is 2.63. The van der Waals surface area contributed by atoms with Crippen molar-refractivity contribution in [3.8, 4) is 5.69 Å². The van der Waals surface area contributed by atoms with Gasteiger partial charge < -0.3 is 4.90 Å². The summed E-state index contributed by atoms with van der Waals surface area (Å²) in [6.07, 6.45) is 6.18. The predicted octanol–water partition coefficient (Wildman–Crippen LogP) is 1.81. The highest BCUT2D eigenvalue weighted by molar-refractivity contribution is 7.12. The Labute approximate surface area is 145 Å². The standard InChI is InChI=1S/C16H22N6OS/c1-2-20-8-3-5-12(20)13-6-4-9-21(13)16(23)15-14(7-10-24-15)22-11-17-18-19-22/h7,10-13H,2-6,8-9H2,1H3/t12-,13+/m0/s1. The molecule has 0 spiro atoms. The molecule has 0 radical (unpaired) electrons. The van der Waals surface area contributed by atoms with E-state index in [1.807, 2.05) is 11.4 Å². The molecule has 0 saturated carbocycles. The van der Waals surface area contributed by atoms with Gasteiger partial charge in [-0.3, -0.25) is 9.69 Å². The van der Waals surface area contributed by atoms with Crippen molar-refractivity contribution in [2.45, 2.75) is 44.7 Å². The molecule has 2 aliphatic heterocycles. The van der Waals surface area contributed by atoms with Crippen LogP contribution >= 0.6 is 11.3 Å². The van der Waals surface area contributed by atoms with Gasteiger partial charge in [-0.25, -0.2) is 0 Å². The minimum Gasteiger partial charge on any atom is -0.333 e. The van der Waals surface area contributed by atoms with Crippen molar-refractivity contribution in [3.63, 3.8) is 0 Å². The molecule has 0 aromatic carbocycles. The van der Waals surface area contributed by atoms with Crippen molar-refractivity contribution in [2.24, 2.45) is 0 Å². The van der Waals surface area contributed by atoms with Crippen LogP contribution in [0.25, 0.3) is 5.69 Å². The van der Waals surface area contributed by atoms with Gasteiger partial charge in [-0.2, -0.15) is 4.68 Å². The highest BCUT2D eigenvalue weighted by atomic mass is 32.1. The van der Waals surface area contributed by atoms with Crippen LogP contribution in [-0.2, 0) is 0 Å². The highest BCUT2D eigenvalue weighted by Crippen LogP contribution is 2.32. The average molecular weight is 346 g/mol. The Morgan fingerprint density at radius 3 is 2.92 bits per heavy atom. The molecule has 4 heterocycles. The molecule has 2 saturated heterocycles. The van der Waals surface area contributed by atoms with Gasteiger partial charge in [-0.05, 0) is 60.6 Å². The van der Waals surface area contributed by atoms with Crippen LogP contribution in [0.15, 0.2) is 17.8 Å². The van der Waals surface area contributed by atoms with E-state index in [-0.39, 0.29) is 5.91 Å². The summed E-state index contributed by atoms with van der Waals surface area (Å²) < 4.78 is 1.57. The second-order valence-electron chi connectivity index (χ2n) is 6.44. The Morgan fingerprint density at radius 1 is 1.29 bits per heavy atom. The zero-order chi connectivity index (χ0) is 16.5. The van der Waals surface area contributed by atoms with E-state index in [4.69, 9.17) is 0 Å². The maximum Gasteiger partial charge on any atom is 0.266 e. The maximum atomic E-state index is 13.2. The molecule has 0 aliphatic carbocycles. The van der Waals surface area contributed by atoms with Gasteiger partial charge in [0.05, 0.1) is 5.69 Å². The summed E-state index contributed by atoms with van der Waals surface area (Å²) in [6, 6.07) is 2.76. The number of amides is 1.